The van der Waals surface area contributed by atoms with Crippen LogP contribution in [0, 0.1) is 0 Å². The van der Waals surface area contributed by atoms with Gasteiger partial charge in [0, 0.05) is 19.5 Å². The molecular formula is C15H20N2O4. The van der Waals surface area contributed by atoms with E-state index in [-0.39, 0.29) is 18.9 Å². The van der Waals surface area contributed by atoms with Gasteiger partial charge in [-0.15, -0.1) is 0 Å². The number of carbonyl (C=O) groups is 2. The monoisotopic (exact) mass is 292 g/mol. The third kappa shape index (κ3) is 3.72. The Morgan fingerprint density at radius 2 is 2.05 bits per heavy atom. The minimum Gasteiger partial charge on any atom is -0.480 e. The van der Waals surface area contributed by atoms with Crippen LogP contribution in [0.1, 0.15) is 24.8 Å². The van der Waals surface area contributed by atoms with Gasteiger partial charge in [0.1, 0.15) is 6.04 Å². The number of carboxylic acids is 1. The number of aliphatic carboxylic acids is 1. The van der Waals surface area contributed by atoms with E-state index in [0.29, 0.717) is 6.54 Å². The lowest BCUT2D eigenvalue weighted by atomic mass is 10.0. The first-order valence-corrected chi connectivity index (χ1v) is 6.99. The molecule has 0 saturated carbocycles. The summed E-state index contributed by atoms with van der Waals surface area (Å²) in [5, 5.41) is 21.4. The molecule has 0 aromatic heterocycles. The summed E-state index contributed by atoms with van der Waals surface area (Å²) in [6, 6.07) is 8.37. The van der Waals surface area contributed by atoms with Gasteiger partial charge in [-0.2, -0.15) is 0 Å². The fourth-order valence-corrected chi connectivity index (χ4v) is 2.51. The molecule has 1 fully saturated rings. The highest BCUT2D eigenvalue weighted by Crippen LogP contribution is 2.19. The molecule has 1 aromatic carbocycles. The van der Waals surface area contributed by atoms with Crippen molar-refractivity contribution >= 4 is 12.0 Å². The topological polar surface area (TPSA) is 89.9 Å². The van der Waals surface area contributed by atoms with Crippen molar-refractivity contribution in [2.75, 3.05) is 13.1 Å². The van der Waals surface area contributed by atoms with Crippen molar-refractivity contribution in [3.63, 3.8) is 0 Å². The lowest BCUT2D eigenvalue weighted by Crippen LogP contribution is -2.46. The van der Waals surface area contributed by atoms with Crippen LogP contribution in [0.25, 0.3) is 0 Å². The number of amides is 2. The first-order chi connectivity index (χ1) is 9.99. The predicted molar refractivity (Wildman–Crippen MR) is 77.0 cm³/mol. The number of β-amino-alcohol motifs (C(OH)–C–C–N with tert-alkyl or cyclic N) is 1. The van der Waals surface area contributed by atoms with E-state index in [1.165, 1.54) is 4.90 Å². The van der Waals surface area contributed by atoms with Gasteiger partial charge in [0.15, 0.2) is 0 Å². The summed E-state index contributed by atoms with van der Waals surface area (Å²) >= 11 is 0. The van der Waals surface area contributed by atoms with Crippen LogP contribution >= 0.6 is 0 Å². The van der Waals surface area contributed by atoms with Crippen molar-refractivity contribution in [2.24, 2.45) is 0 Å². The van der Waals surface area contributed by atoms with Crippen LogP contribution in [0.5, 0.6) is 0 Å². The van der Waals surface area contributed by atoms with Gasteiger partial charge in [-0.3, -0.25) is 0 Å². The third-order valence-corrected chi connectivity index (χ3v) is 3.75. The van der Waals surface area contributed by atoms with Crippen LogP contribution in [-0.4, -0.2) is 52.3 Å². The number of urea groups is 1. The van der Waals surface area contributed by atoms with Gasteiger partial charge >= 0.3 is 12.0 Å². The number of hydrogen-bond donors (Lipinski definition) is 3. The zero-order valence-corrected chi connectivity index (χ0v) is 11.9. The minimum atomic E-state index is -1.09. The van der Waals surface area contributed by atoms with Crippen LogP contribution in [0.3, 0.4) is 0 Å². The number of nitrogens with zero attached hydrogens (tertiary/aromatic N) is 1. The summed E-state index contributed by atoms with van der Waals surface area (Å²) in [7, 11) is 0. The fourth-order valence-electron chi connectivity index (χ4n) is 2.51. The first-order valence-electron chi connectivity index (χ1n) is 6.99. The first kappa shape index (κ1) is 15.3. The van der Waals surface area contributed by atoms with Crippen LogP contribution in [-0.2, 0) is 4.79 Å². The van der Waals surface area contributed by atoms with Gasteiger partial charge < -0.3 is 20.4 Å². The summed E-state index contributed by atoms with van der Waals surface area (Å²) in [5.74, 6) is -0.955. The number of carbonyl (C=O) groups excluding carboxylic acids is 1. The summed E-state index contributed by atoms with van der Waals surface area (Å²) in [5.41, 5.74) is 1.11. The Hall–Kier alpha value is -2.08. The summed E-state index contributed by atoms with van der Waals surface area (Å²) in [6.45, 7) is 2.47. The second kappa shape index (κ2) is 6.58. The highest BCUT2D eigenvalue weighted by Gasteiger charge is 2.38. The van der Waals surface area contributed by atoms with Gasteiger partial charge in [0.2, 0.25) is 0 Å². The lowest BCUT2D eigenvalue weighted by Gasteiger charge is -2.23. The highest BCUT2D eigenvalue weighted by atomic mass is 16.4. The SMILES string of the molecule is CC(CNC(=O)N1C[C@@H](O)C[C@H]1C(=O)O)c1ccccc1. The molecule has 1 aliphatic rings. The molecule has 114 valence electrons. The Kier molecular flexibility index (Phi) is 4.80. The van der Waals surface area contributed by atoms with E-state index in [9.17, 15) is 14.7 Å². The molecular weight excluding hydrogens is 272 g/mol. The minimum absolute atomic E-state index is 0.0581. The number of aliphatic hydroxyl groups is 1. The van der Waals surface area contributed by atoms with Gasteiger partial charge in [-0.05, 0) is 11.5 Å². The Morgan fingerprint density at radius 1 is 1.38 bits per heavy atom. The third-order valence-electron chi connectivity index (χ3n) is 3.75. The zero-order chi connectivity index (χ0) is 15.4. The molecule has 1 aliphatic heterocycles. The van der Waals surface area contributed by atoms with Gasteiger partial charge in [0.05, 0.1) is 6.10 Å². The van der Waals surface area contributed by atoms with Crippen LogP contribution in [0.15, 0.2) is 30.3 Å². The average Bonchev–Trinajstić information content (AvgIpc) is 2.87. The molecule has 1 aromatic rings. The summed E-state index contributed by atoms with van der Waals surface area (Å²) in [6.07, 6.45) is -0.694. The number of rotatable bonds is 4. The van der Waals surface area contributed by atoms with Crippen molar-refractivity contribution in [2.45, 2.75) is 31.4 Å². The van der Waals surface area contributed by atoms with Crippen LogP contribution < -0.4 is 5.32 Å². The van der Waals surface area contributed by atoms with Gasteiger partial charge in [0.25, 0.3) is 0 Å². The average molecular weight is 292 g/mol. The molecule has 3 atom stereocenters. The number of hydrogen-bond acceptors (Lipinski definition) is 3. The fraction of sp³-hybridized carbons (Fsp3) is 0.467. The van der Waals surface area contributed by atoms with E-state index < -0.39 is 24.1 Å². The summed E-state index contributed by atoms with van der Waals surface area (Å²) in [4.78, 5) is 24.4. The molecule has 2 rings (SSSR count). The smallest absolute Gasteiger partial charge is 0.326 e. The van der Waals surface area contributed by atoms with E-state index in [1.54, 1.807) is 0 Å². The quantitative estimate of drug-likeness (QED) is 0.773. The highest BCUT2D eigenvalue weighted by molar-refractivity contribution is 5.83. The second-order valence-electron chi connectivity index (χ2n) is 5.39. The molecule has 3 N–H and O–H groups in total. The maximum atomic E-state index is 12.1. The number of benzene rings is 1. The van der Waals surface area contributed by atoms with E-state index in [4.69, 9.17) is 5.11 Å². The molecule has 0 radical (unpaired) electrons. The van der Waals surface area contributed by atoms with Crippen LogP contribution in [0.2, 0.25) is 0 Å². The second-order valence-corrected chi connectivity index (χ2v) is 5.39. The summed E-state index contributed by atoms with van der Waals surface area (Å²) < 4.78 is 0. The molecule has 0 aliphatic carbocycles. The van der Waals surface area contributed by atoms with Gasteiger partial charge in [-0.1, -0.05) is 37.3 Å². The Balaban J connectivity index is 1.91. The largest absolute Gasteiger partial charge is 0.480 e. The van der Waals surface area contributed by atoms with E-state index >= 15 is 0 Å². The van der Waals surface area contributed by atoms with Crippen molar-refractivity contribution in [3.05, 3.63) is 35.9 Å². The molecule has 1 saturated heterocycles. The predicted octanol–water partition coefficient (Wildman–Crippen LogP) is 1.02. The molecule has 6 heteroatoms. The Morgan fingerprint density at radius 3 is 2.67 bits per heavy atom. The maximum Gasteiger partial charge on any atom is 0.326 e. The normalized spacial score (nSPS) is 22.9. The molecule has 1 unspecified atom stereocenters. The molecule has 0 bridgehead atoms. The lowest BCUT2D eigenvalue weighted by molar-refractivity contribution is -0.141. The molecule has 0 spiro atoms. The van der Waals surface area contributed by atoms with Crippen LogP contribution in [0.4, 0.5) is 4.79 Å². The van der Waals surface area contributed by atoms with E-state index in [1.807, 2.05) is 37.3 Å². The number of aliphatic hydroxyl groups excluding tert-OH is 1. The van der Waals surface area contributed by atoms with Crippen molar-refractivity contribution in [1.29, 1.82) is 0 Å². The van der Waals surface area contributed by atoms with Gasteiger partial charge in [-0.25, -0.2) is 9.59 Å². The standard InChI is InChI=1S/C15H20N2O4/c1-10(11-5-3-2-4-6-11)8-16-15(21)17-9-12(18)7-13(17)14(19)20/h2-6,10,12-13,18H,7-9H2,1H3,(H,16,21)(H,19,20)/t10?,12-,13-/m0/s1. The Bertz CT molecular complexity index is 506. The van der Waals surface area contributed by atoms with Crippen molar-refractivity contribution in [1.82, 2.24) is 10.2 Å². The van der Waals surface area contributed by atoms with Crippen molar-refractivity contribution < 1.29 is 19.8 Å². The number of carboxylic acid groups (broad SMARTS) is 1. The maximum absolute atomic E-state index is 12.1. The van der Waals surface area contributed by atoms with E-state index in [2.05, 4.69) is 5.32 Å². The van der Waals surface area contributed by atoms with Crippen molar-refractivity contribution in [3.8, 4) is 0 Å². The number of likely N-dealkylation sites (tertiary alicyclic amines) is 1. The Labute approximate surface area is 123 Å². The molecule has 6 nitrogen and oxygen atoms in total. The molecule has 21 heavy (non-hydrogen) atoms. The molecule has 1 heterocycles. The van der Waals surface area contributed by atoms with E-state index in [0.717, 1.165) is 5.56 Å². The molecule has 2 amide bonds. The number of nitrogens with one attached hydrogen (secondary N) is 1. The zero-order valence-electron chi connectivity index (χ0n) is 11.9.